The van der Waals surface area contributed by atoms with Gasteiger partial charge in [0.25, 0.3) is 0 Å². The van der Waals surface area contributed by atoms with E-state index in [4.69, 9.17) is 5.11 Å². The van der Waals surface area contributed by atoms with Gasteiger partial charge in [0, 0.05) is 18.9 Å². The molecule has 20 heavy (non-hydrogen) atoms. The molecule has 1 aromatic rings. The van der Waals surface area contributed by atoms with Crippen molar-refractivity contribution in [2.75, 3.05) is 0 Å². The first-order valence-electron chi connectivity index (χ1n) is 7.09. The lowest BCUT2D eigenvalue weighted by molar-refractivity contribution is -0.137. The summed E-state index contributed by atoms with van der Waals surface area (Å²) in [7, 11) is 0. The monoisotopic (exact) mass is 277 g/mol. The maximum absolute atomic E-state index is 12.0. The molecule has 2 atom stereocenters. The Morgan fingerprint density at radius 2 is 1.90 bits per heavy atom. The van der Waals surface area contributed by atoms with E-state index in [0.29, 0.717) is 12.8 Å². The molecule has 0 aliphatic rings. The van der Waals surface area contributed by atoms with E-state index in [1.54, 1.807) is 0 Å². The van der Waals surface area contributed by atoms with Crippen molar-refractivity contribution in [3.8, 4) is 0 Å². The topological polar surface area (TPSA) is 66.4 Å². The van der Waals surface area contributed by atoms with Crippen LogP contribution >= 0.6 is 0 Å². The lowest BCUT2D eigenvalue weighted by atomic mass is 9.93. The van der Waals surface area contributed by atoms with Crippen LogP contribution < -0.4 is 5.32 Å². The summed E-state index contributed by atoms with van der Waals surface area (Å²) in [5.41, 5.74) is 1.17. The van der Waals surface area contributed by atoms with Crippen LogP contribution in [0.3, 0.4) is 0 Å². The van der Waals surface area contributed by atoms with Crippen molar-refractivity contribution in [3.05, 3.63) is 35.9 Å². The third-order valence-electron chi connectivity index (χ3n) is 3.39. The maximum atomic E-state index is 12.0. The van der Waals surface area contributed by atoms with Crippen molar-refractivity contribution in [1.82, 2.24) is 5.32 Å². The quantitative estimate of drug-likeness (QED) is 0.767. The van der Waals surface area contributed by atoms with Gasteiger partial charge < -0.3 is 10.4 Å². The molecule has 110 valence electrons. The van der Waals surface area contributed by atoms with E-state index < -0.39 is 5.97 Å². The fourth-order valence-electron chi connectivity index (χ4n) is 2.19. The highest BCUT2D eigenvalue weighted by molar-refractivity contribution is 5.77. The van der Waals surface area contributed by atoms with E-state index in [9.17, 15) is 9.59 Å². The average molecular weight is 277 g/mol. The summed E-state index contributed by atoms with van der Waals surface area (Å²) < 4.78 is 0. The Balaban J connectivity index is 2.45. The molecular weight excluding hydrogens is 254 g/mol. The van der Waals surface area contributed by atoms with Crippen LogP contribution in [-0.2, 0) is 9.59 Å². The second-order valence-corrected chi connectivity index (χ2v) is 5.12. The van der Waals surface area contributed by atoms with Gasteiger partial charge in [-0.3, -0.25) is 9.59 Å². The first-order valence-corrected chi connectivity index (χ1v) is 7.09. The Labute approximate surface area is 120 Å². The Morgan fingerprint density at radius 1 is 1.25 bits per heavy atom. The van der Waals surface area contributed by atoms with Gasteiger partial charge >= 0.3 is 5.97 Å². The predicted octanol–water partition coefficient (Wildman–Crippen LogP) is 2.94. The van der Waals surface area contributed by atoms with Gasteiger partial charge in [-0.25, -0.2) is 0 Å². The van der Waals surface area contributed by atoms with Gasteiger partial charge in [0.05, 0.1) is 0 Å². The lowest BCUT2D eigenvalue weighted by Gasteiger charge is -2.18. The third kappa shape index (κ3) is 5.87. The summed E-state index contributed by atoms with van der Waals surface area (Å²) in [5.74, 6) is -0.636. The minimum atomic E-state index is -0.832. The number of carboxylic acids is 1. The van der Waals surface area contributed by atoms with Crippen molar-refractivity contribution in [2.24, 2.45) is 0 Å². The summed E-state index contributed by atoms with van der Waals surface area (Å²) in [6, 6.07) is 9.89. The second kappa shape index (κ2) is 8.35. The number of nitrogens with one attached hydrogen (secondary N) is 1. The molecule has 0 heterocycles. The molecule has 4 nitrogen and oxygen atoms in total. The molecule has 0 saturated carbocycles. The highest BCUT2D eigenvalue weighted by atomic mass is 16.4. The van der Waals surface area contributed by atoms with Gasteiger partial charge in [-0.2, -0.15) is 0 Å². The number of hydrogen-bond acceptors (Lipinski definition) is 2. The molecule has 0 fully saturated rings. The van der Waals surface area contributed by atoms with Crippen LogP contribution in [0, 0.1) is 0 Å². The van der Waals surface area contributed by atoms with Crippen molar-refractivity contribution in [1.29, 1.82) is 0 Å². The Hall–Kier alpha value is -1.84. The van der Waals surface area contributed by atoms with Gasteiger partial charge in [-0.15, -0.1) is 0 Å². The summed E-state index contributed by atoms with van der Waals surface area (Å²) in [5, 5.41) is 11.5. The van der Waals surface area contributed by atoms with Crippen molar-refractivity contribution in [2.45, 2.75) is 51.5 Å². The highest BCUT2D eigenvalue weighted by Gasteiger charge is 2.15. The van der Waals surface area contributed by atoms with Gasteiger partial charge in [-0.05, 0) is 31.2 Å². The van der Waals surface area contributed by atoms with E-state index in [-0.39, 0.29) is 24.3 Å². The van der Waals surface area contributed by atoms with Crippen LogP contribution in [0.25, 0.3) is 0 Å². The van der Waals surface area contributed by atoms with Crippen molar-refractivity contribution in [3.63, 3.8) is 0 Å². The Morgan fingerprint density at radius 3 is 2.45 bits per heavy atom. The molecule has 2 N–H and O–H groups in total. The molecular formula is C16H23NO3. The number of benzene rings is 1. The summed E-state index contributed by atoms with van der Waals surface area (Å²) >= 11 is 0. The van der Waals surface area contributed by atoms with E-state index in [0.717, 1.165) is 6.42 Å². The number of amides is 1. The average Bonchev–Trinajstić information content (AvgIpc) is 2.43. The number of aliphatic carboxylic acids is 1. The van der Waals surface area contributed by atoms with Crippen LogP contribution in [0.4, 0.5) is 0 Å². The van der Waals surface area contributed by atoms with Gasteiger partial charge in [0.15, 0.2) is 0 Å². The summed E-state index contributed by atoms with van der Waals surface area (Å²) in [6.45, 7) is 3.91. The molecule has 0 radical (unpaired) electrons. The minimum absolute atomic E-state index is 0.0152. The Kier molecular flexibility index (Phi) is 6.77. The number of rotatable bonds is 8. The molecule has 0 aliphatic carbocycles. The number of carbonyl (C=O) groups excluding carboxylic acids is 1. The van der Waals surface area contributed by atoms with E-state index in [2.05, 4.69) is 12.2 Å². The fourth-order valence-corrected chi connectivity index (χ4v) is 2.19. The number of carbonyl (C=O) groups is 2. The van der Waals surface area contributed by atoms with Crippen LogP contribution in [-0.4, -0.2) is 23.0 Å². The molecule has 1 rings (SSSR count). The molecule has 0 saturated heterocycles. The Bertz CT molecular complexity index is 431. The highest BCUT2D eigenvalue weighted by Crippen LogP contribution is 2.22. The van der Waals surface area contributed by atoms with Gasteiger partial charge in [0.2, 0.25) is 5.91 Å². The van der Waals surface area contributed by atoms with Crippen LogP contribution in [0.5, 0.6) is 0 Å². The lowest BCUT2D eigenvalue weighted by Crippen LogP contribution is -2.33. The molecule has 0 spiro atoms. The standard InChI is InChI=1S/C16H23NO3/c1-3-13(14-7-5-4-6-8-14)11-15(18)17-12(2)9-10-16(19)20/h4-8,12-13H,3,9-11H2,1-2H3,(H,17,18)(H,19,20). The van der Waals surface area contributed by atoms with E-state index in [1.165, 1.54) is 5.56 Å². The smallest absolute Gasteiger partial charge is 0.303 e. The summed E-state index contributed by atoms with van der Waals surface area (Å²) in [4.78, 5) is 22.5. The largest absolute Gasteiger partial charge is 0.481 e. The predicted molar refractivity (Wildman–Crippen MR) is 78.6 cm³/mol. The first kappa shape index (κ1) is 16.2. The second-order valence-electron chi connectivity index (χ2n) is 5.12. The SMILES string of the molecule is CCC(CC(=O)NC(C)CCC(=O)O)c1ccccc1. The minimum Gasteiger partial charge on any atom is -0.481 e. The zero-order valence-electron chi connectivity index (χ0n) is 12.1. The normalized spacial score (nSPS) is 13.5. The zero-order chi connectivity index (χ0) is 15.0. The number of hydrogen-bond donors (Lipinski definition) is 2. The molecule has 0 aromatic heterocycles. The molecule has 0 bridgehead atoms. The fraction of sp³-hybridized carbons (Fsp3) is 0.500. The zero-order valence-corrected chi connectivity index (χ0v) is 12.1. The van der Waals surface area contributed by atoms with Crippen LogP contribution in [0.15, 0.2) is 30.3 Å². The third-order valence-corrected chi connectivity index (χ3v) is 3.39. The first-order chi connectivity index (χ1) is 9.52. The van der Waals surface area contributed by atoms with Crippen LogP contribution in [0.2, 0.25) is 0 Å². The van der Waals surface area contributed by atoms with Crippen molar-refractivity contribution < 1.29 is 14.7 Å². The molecule has 1 amide bonds. The molecule has 1 aromatic carbocycles. The number of carboxylic acid groups (broad SMARTS) is 1. The van der Waals surface area contributed by atoms with E-state index in [1.807, 2.05) is 37.3 Å². The molecule has 4 heteroatoms. The van der Waals surface area contributed by atoms with E-state index >= 15 is 0 Å². The summed E-state index contributed by atoms with van der Waals surface area (Å²) in [6.07, 6.45) is 1.89. The van der Waals surface area contributed by atoms with Gasteiger partial charge in [0.1, 0.15) is 0 Å². The maximum Gasteiger partial charge on any atom is 0.303 e. The van der Waals surface area contributed by atoms with Gasteiger partial charge in [-0.1, -0.05) is 37.3 Å². The van der Waals surface area contributed by atoms with Crippen LogP contribution in [0.1, 0.15) is 51.0 Å². The van der Waals surface area contributed by atoms with Crippen molar-refractivity contribution >= 4 is 11.9 Å². The molecule has 2 unspecified atom stereocenters. The molecule has 0 aliphatic heterocycles.